The van der Waals surface area contributed by atoms with E-state index in [2.05, 4.69) is 18.7 Å². The molecule has 112 valence electrons. The molecular weight excluding hydrogens is 255 g/mol. The van der Waals surface area contributed by atoms with E-state index in [0.717, 1.165) is 30.7 Å². The first-order valence-electron chi connectivity index (χ1n) is 7.40. The van der Waals surface area contributed by atoms with E-state index < -0.39 is 0 Å². The standard InChI is InChI=1S/C16H25FN2O/c1-4-14-10-20-12(3)9-19(14)16(8-18)15-7-13(17)6-5-11(15)2/h5-7,12,14,16H,4,8-10,18H2,1-3H3. The molecule has 0 aliphatic carbocycles. The molecule has 0 aromatic heterocycles. The Balaban J connectivity index is 2.31. The van der Waals surface area contributed by atoms with E-state index in [0.29, 0.717) is 12.6 Å². The van der Waals surface area contributed by atoms with Crippen molar-refractivity contribution in [3.8, 4) is 0 Å². The van der Waals surface area contributed by atoms with Crippen molar-refractivity contribution in [1.82, 2.24) is 4.90 Å². The zero-order chi connectivity index (χ0) is 14.7. The van der Waals surface area contributed by atoms with Gasteiger partial charge < -0.3 is 10.5 Å². The van der Waals surface area contributed by atoms with Crippen LogP contribution in [0.2, 0.25) is 0 Å². The lowest BCUT2D eigenvalue weighted by Gasteiger charge is -2.43. The van der Waals surface area contributed by atoms with Crippen LogP contribution in [0.15, 0.2) is 18.2 Å². The molecule has 20 heavy (non-hydrogen) atoms. The van der Waals surface area contributed by atoms with Crippen molar-refractivity contribution in [2.24, 2.45) is 5.73 Å². The summed E-state index contributed by atoms with van der Waals surface area (Å²) in [5, 5.41) is 0. The van der Waals surface area contributed by atoms with Crippen molar-refractivity contribution in [3.63, 3.8) is 0 Å². The third kappa shape index (κ3) is 3.19. The van der Waals surface area contributed by atoms with Crippen molar-refractivity contribution in [2.75, 3.05) is 19.7 Å². The predicted octanol–water partition coefficient (Wildman–Crippen LogP) is 2.63. The first-order chi connectivity index (χ1) is 9.56. The largest absolute Gasteiger partial charge is 0.376 e. The first-order valence-corrected chi connectivity index (χ1v) is 7.40. The summed E-state index contributed by atoms with van der Waals surface area (Å²) < 4.78 is 19.3. The summed E-state index contributed by atoms with van der Waals surface area (Å²) in [6.07, 6.45) is 1.21. The molecule has 2 rings (SSSR count). The van der Waals surface area contributed by atoms with Gasteiger partial charge in [0.15, 0.2) is 0 Å². The number of hydrogen-bond donors (Lipinski definition) is 1. The highest BCUT2D eigenvalue weighted by atomic mass is 19.1. The molecule has 3 unspecified atom stereocenters. The van der Waals surface area contributed by atoms with Gasteiger partial charge in [0.25, 0.3) is 0 Å². The van der Waals surface area contributed by atoms with Gasteiger partial charge in [0.2, 0.25) is 0 Å². The van der Waals surface area contributed by atoms with Crippen LogP contribution in [-0.4, -0.2) is 36.7 Å². The summed E-state index contributed by atoms with van der Waals surface area (Å²) in [4.78, 5) is 2.38. The number of ether oxygens (including phenoxy) is 1. The van der Waals surface area contributed by atoms with Crippen LogP contribution in [0.5, 0.6) is 0 Å². The molecule has 1 saturated heterocycles. The molecule has 4 heteroatoms. The molecule has 0 radical (unpaired) electrons. The van der Waals surface area contributed by atoms with E-state index in [4.69, 9.17) is 10.5 Å². The minimum absolute atomic E-state index is 0.0574. The Hall–Kier alpha value is -0.970. The SMILES string of the molecule is CCC1COC(C)CN1C(CN)c1cc(F)ccc1C. The fourth-order valence-electron chi connectivity index (χ4n) is 3.02. The van der Waals surface area contributed by atoms with Crippen molar-refractivity contribution in [1.29, 1.82) is 0 Å². The van der Waals surface area contributed by atoms with Gasteiger partial charge in [0.05, 0.1) is 12.7 Å². The maximum absolute atomic E-state index is 13.6. The van der Waals surface area contributed by atoms with Crippen LogP contribution in [0.25, 0.3) is 0 Å². The van der Waals surface area contributed by atoms with Crippen LogP contribution in [0.4, 0.5) is 4.39 Å². The van der Waals surface area contributed by atoms with Crippen molar-refractivity contribution in [2.45, 2.75) is 45.4 Å². The molecule has 1 heterocycles. The fraction of sp³-hybridized carbons (Fsp3) is 0.625. The van der Waals surface area contributed by atoms with Crippen LogP contribution in [0, 0.1) is 12.7 Å². The van der Waals surface area contributed by atoms with Gasteiger partial charge in [-0.05, 0) is 43.5 Å². The minimum atomic E-state index is -0.196. The van der Waals surface area contributed by atoms with E-state index in [1.165, 1.54) is 6.07 Å². The molecule has 2 N–H and O–H groups in total. The molecule has 0 amide bonds. The normalized spacial score (nSPS) is 25.6. The number of benzene rings is 1. The third-order valence-electron chi connectivity index (χ3n) is 4.21. The fourth-order valence-corrected chi connectivity index (χ4v) is 3.02. The van der Waals surface area contributed by atoms with Gasteiger partial charge in [-0.3, -0.25) is 4.90 Å². The predicted molar refractivity (Wildman–Crippen MR) is 79.1 cm³/mol. The highest BCUT2D eigenvalue weighted by Crippen LogP contribution is 2.29. The van der Waals surface area contributed by atoms with E-state index in [1.54, 1.807) is 6.07 Å². The summed E-state index contributed by atoms with van der Waals surface area (Å²) in [5.41, 5.74) is 8.11. The van der Waals surface area contributed by atoms with Crippen molar-refractivity contribution >= 4 is 0 Å². The smallest absolute Gasteiger partial charge is 0.123 e. The van der Waals surface area contributed by atoms with Crippen LogP contribution in [-0.2, 0) is 4.74 Å². The third-order valence-corrected chi connectivity index (χ3v) is 4.21. The van der Waals surface area contributed by atoms with E-state index in [1.807, 2.05) is 13.0 Å². The summed E-state index contributed by atoms with van der Waals surface area (Å²) in [7, 11) is 0. The lowest BCUT2D eigenvalue weighted by Crippen LogP contribution is -2.51. The second kappa shape index (κ2) is 6.66. The van der Waals surface area contributed by atoms with Gasteiger partial charge in [-0.2, -0.15) is 0 Å². The molecule has 1 fully saturated rings. The van der Waals surface area contributed by atoms with Gasteiger partial charge in [-0.25, -0.2) is 4.39 Å². The second-order valence-corrected chi connectivity index (χ2v) is 5.66. The first kappa shape index (κ1) is 15.4. The summed E-state index contributed by atoms with van der Waals surface area (Å²) in [6.45, 7) is 8.31. The van der Waals surface area contributed by atoms with Crippen LogP contribution in [0.1, 0.15) is 37.4 Å². The lowest BCUT2D eigenvalue weighted by atomic mass is 9.96. The number of rotatable bonds is 4. The Labute approximate surface area is 120 Å². The Bertz CT molecular complexity index is 452. The number of nitrogens with two attached hydrogens (primary N) is 1. The van der Waals surface area contributed by atoms with Crippen LogP contribution < -0.4 is 5.73 Å². The molecule has 1 aliphatic heterocycles. The maximum Gasteiger partial charge on any atom is 0.123 e. The zero-order valence-corrected chi connectivity index (χ0v) is 12.6. The van der Waals surface area contributed by atoms with Crippen molar-refractivity contribution < 1.29 is 9.13 Å². The Morgan fingerprint density at radius 3 is 2.90 bits per heavy atom. The monoisotopic (exact) mass is 280 g/mol. The summed E-state index contributed by atoms with van der Waals surface area (Å²) >= 11 is 0. The van der Waals surface area contributed by atoms with E-state index in [9.17, 15) is 4.39 Å². The maximum atomic E-state index is 13.6. The lowest BCUT2D eigenvalue weighted by molar-refractivity contribution is -0.0720. The van der Waals surface area contributed by atoms with Gasteiger partial charge in [-0.1, -0.05) is 13.0 Å². The minimum Gasteiger partial charge on any atom is -0.376 e. The number of aryl methyl sites for hydroxylation is 1. The quantitative estimate of drug-likeness (QED) is 0.921. The van der Waals surface area contributed by atoms with E-state index in [-0.39, 0.29) is 18.0 Å². The van der Waals surface area contributed by atoms with E-state index >= 15 is 0 Å². The van der Waals surface area contributed by atoms with Gasteiger partial charge >= 0.3 is 0 Å². The second-order valence-electron chi connectivity index (χ2n) is 5.66. The molecule has 1 aliphatic rings. The molecule has 0 spiro atoms. The van der Waals surface area contributed by atoms with Gasteiger partial charge in [-0.15, -0.1) is 0 Å². The average Bonchev–Trinajstić information content (AvgIpc) is 2.44. The number of morpholine rings is 1. The van der Waals surface area contributed by atoms with Gasteiger partial charge in [0.1, 0.15) is 5.82 Å². The molecule has 3 atom stereocenters. The number of hydrogen-bond acceptors (Lipinski definition) is 3. The van der Waals surface area contributed by atoms with Crippen molar-refractivity contribution in [3.05, 3.63) is 35.1 Å². The number of halogens is 1. The highest BCUT2D eigenvalue weighted by Gasteiger charge is 2.32. The molecule has 3 nitrogen and oxygen atoms in total. The average molecular weight is 280 g/mol. The Kier molecular flexibility index (Phi) is 5.13. The topological polar surface area (TPSA) is 38.5 Å². The molecule has 0 saturated carbocycles. The molecular formula is C16H25FN2O. The number of nitrogens with zero attached hydrogens (tertiary/aromatic N) is 1. The molecule has 1 aromatic rings. The highest BCUT2D eigenvalue weighted by molar-refractivity contribution is 5.30. The molecule has 1 aromatic carbocycles. The Morgan fingerprint density at radius 2 is 2.25 bits per heavy atom. The van der Waals surface area contributed by atoms with Gasteiger partial charge in [0, 0.05) is 25.2 Å². The van der Waals surface area contributed by atoms with Crippen LogP contribution >= 0.6 is 0 Å². The summed E-state index contributed by atoms with van der Waals surface area (Å²) in [6, 6.07) is 5.37. The summed E-state index contributed by atoms with van der Waals surface area (Å²) in [5.74, 6) is -0.196. The Morgan fingerprint density at radius 1 is 1.50 bits per heavy atom. The zero-order valence-electron chi connectivity index (χ0n) is 12.6. The van der Waals surface area contributed by atoms with Crippen LogP contribution in [0.3, 0.4) is 0 Å². The molecule has 0 bridgehead atoms.